The highest BCUT2D eigenvalue weighted by molar-refractivity contribution is 14.0. The maximum Gasteiger partial charge on any atom is 0.254 e. The number of carbonyl (C=O) groups excluding carboxylic acids is 2. The first kappa shape index (κ1) is 26.4. The van der Waals surface area contributed by atoms with Crippen LogP contribution in [0.15, 0.2) is 29.3 Å². The van der Waals surface area contributed by atoms with Crippen LogP contribution in [0, 0.1) is 0 Å². The zero-order valence-corrected chi connectivity index (χ0v) is 21.9. The van der Waals surface area contributed by atoms with Crippen LogP contribution in [-0.2, 0) is 21.2 Å². The van der Waals surface area contributed by atoms with Gasteiger partial charge in [-0.25, -0.2) is 13.4 Å². The molecule has 2 heterocycles. The van der Waals surface area contributed by atoms with Gasteiger partial charge in [0.1, 0.15) is 0 Å². The average molecular weight is 577 g/mol. The molecule has 0 unspecified atom stereocenters. The number of sulfone groups is 1. The number of nitrogens with one attached hydrogen (secondary N) is 2. The molecule has 0 aliphatic carbocycles. The summed E-state index contributed by atoms with van der Waals surface area (Å²) in [4.78, 5) is 32.3. The van der Waals surface area contributed by atoms with Crippen molar-refractivity contribution in [3.8, 4) is 0 Å². The largest absolute Gasteiger partial charge is 0.357 e. The minimum atomic E-state index is -3.12. The molecule has 3 rings (SSSR count). The Bertz CT molecular complexity index is 963. The second-order valence-electron chi connectivity index (χ2n) is 8.44. The zero-order valence-electron chi connectivity index (χ0n) is 18.8. The summed E-state index contributed by atoms with van der Waals surface area (Å²) in [5, 5.41) is 5.96. The molecule has 9 nitrogen and oxygen atoms in total. The molecule has 0 radical (unpaired) electrons. The Morgan fingerprint density at radius 3 is 2.47 bits per heavy atom. The van der Waals surface area contributed by atoms with E-state index in [-0.39, 0.29) is 48.1 Å². The highest BCUT2D eigenvalue weighted by Crippen LogP contribution is 2.23. The summed E-state index contributed by atoms with van der Waals surface area (Å²) in [6.07, 6.45) is 0. The molecule has 0 aromatic heterocycles. The summed E-state index contributed by atoms with van der Waals surface area (Å²) >= 11 is 0. The van der Waals surface area contributed by atoms with Crippen LogP contribution in [0.3, 0.4) is 0 Å². The number of carbonyl (C=O) groups is 2. The summed E-state index contributed by atoms with van der Waals surface area (Å²) < 4.78 is 23.8. The van der Waals surface area contributed by atoms with Gasteiger partial charge < -0.3 is 20.4 Å². The van der Waals surface area contributed by atoms with Crippen LogP contribution in [0.4, 0.5) is 0 Å². The number of piperazine rings is 1. The third-order valence-electron chi connectivity index (χ3n) is 5.62. The van der Waals surface area contributed by atoms with Crippen molar-refractivity contribution in [2.45, 2.75) is 32.1 Å². The molecule has 0 atom stereocenters. The maximum absolute atomic E-state index is 12.6. The third kappa shape index (κ3) is 6.12. The lowest BCUT2D eigenvalue weighted by molar-refractivity contribution is -0.123. The number of aliphatic imine (C=N–C) groups is 1. The molecule has 2 aliphatic rings. The molecule has 32 heavy (non-hydrogen) atoms. The topological polar surface area (TPSA) is 111 Å². The Hall–Kier alpha value is -1.89. The minimum Gasteiger partial charge on any atom is -0.357 e. The van der Waals surface area contributed by atoms with Gasteiger partial charge in [0.15, 0.2) is 15.8 Å². The average Bonchev–Trinajstić information content (AvgIpc) is 2.73. The first-order valence-electron chi connectivity index (χ1n) is 10.5. The predicted octanol–water partition coefficient (Wildman–Crippen LogP) is 0.851. The normalized spacial score (nSPS) is 20.2. The van der Waals surface area contributed by atoms with E-state index in [2.05, 4.69) is 15.6 Å². The van der Waals surface area contributed by atoms with Gasteiger partial charge in [0.2, 0.25) is 5.91 Å². The quantitative estimate of drug-likeness (QED) is 0.312. The van der Waals surface area contributed by atoms with Crippen LogP contribution in [0.2, 0.25) is 0 Å². The monoisotopic (exact) mass is 577 g/mol. The van der Waals surface area contributed by atoms with E-state index in [1.807, 2.05) is 24.0 Å². The molecule has 2 amide bonds. The lowest BCUT2D eigenvalue weighted by Gasteiger charge is -2.39. The van der Waals surface area contributed by atoms with E-state index in [1.54, 1.807) is 30.9 Å². The molecule has 2 aliphatic heterocycles. The number of nitrogens with zero attached hydrogens (tertiary/aromatic N) is 3. The Morgan fingerprint density at radius 1 is 1.19 bits per heavy atom. The van der Waals surface area contributed by atoms with Crippen LogP contribution >= 0.6 is 24.0 Å². The van der Waals surface area contributed by atoms with Crippen LogP contribution in [0.1, 0.15) is 36.7 Å². The second-order valence-corrected chi connectivity index (χ2v) is 11.2. The summed E-state index contributed by atoms with van der Waals surface area (Å²) in [5.74, 6) is 0.491. The van der Waals surface area contributed by atoms with E-state index in [0.717, 1.165) is 5.56 Å². The molecule has 1 aromatic carbocycles. The maximum atomic E-state index is 12.6. The molecule has 2 fully saturated rings. The van der Waals surface area contributed by atoms with Gasteiger partial charge in [-0.2, -0.15) is 0 Å². The van der Waals surface area contributed by atoms with Gasteiger partial charge in [-0.1, -0.05) is 12.1 Å². The number of benzene rings is 1. The summed E-state index contributed by atoms with van der Waals surface area (Å²) in [6.45, 7) is 8.42. The second kappa shape index (κ2) is 10.8. The molecule has 1 aromatic rings. The van der Waals surface area contributed by atoms with Gasteiger partial charge in [-0.3, -0.25) is 9.59 Å². The highest BCUT2D eigenvalue weighted by atomic mass is 127. The van der Waals surface area contributed by atoms with E-state index in [0.29, 0.717) is 50.8 Å². The summed E-state index contributed by atoms with van der Waals surface area (Å²) in [5.41, 5.74) is 1.48. The minimum absolute atomic E-state index is 0. The molecule has 0 spiro atoms. The molecule has 0 saturated carbocycles. The lowest BCUT2D eigenvalue weighted by atomic mass is 10.1. The molecular formula is C21H32IN5O4S. The predicted molar refractivity (Wildman–Crippen MR) is 135 cm³/mol. The van der Waals surface area contributed by atoms with Gasteiger partial charge in [0, 0.05) is 38.3 Å². The highest BCUT2D eigenvalue weighted by Gasteiger charge is 2.40. The number of hydrogen-bond acceptors (Lipinski definition) is 5. The first-order valence-corrected chi connectivity index (χ1v) is 12.2. The van der Waals surface area contributed by atoms with Gasteiger partial charge in [-0.05, 0) is 38.5 Å². The first-order chi connectivity index (χ1) is 14.6. The van der Waals surface area contributed by atoms with E-state index in [1.165, 1.54) is 0 Å². The lowest BCUT2D eigenvalue weighted by Crippen LogP contribution is -2.57. The number of guanidine groups is 1. The standard InChI is InChI=1S/C21H31N5O4S.HI/c1-4-22-20(26-11-12-31(29,30)21(2,3)15-26)24-13-16-5-7-17(8-6-16)19(28)25-10-9-23-18(27)14-25;/h5-8H,4,9-15H2,1-3H3,(H,22,24)(H,23,27);1H. The van der Waals surface area contributed by atoms with Gasteiger partial charge in [0.05, 0.1) is 23.6 Å². The fraction of sp³-hybridized carbons (Fsp3) is 0.571. The van der Waals surface area contributed by atoms with Crippen molar-refractivity contribution >= 4 is 51.6 Å². The van der Waals surface area contributed by atoms with Crippen molar-refractivity contribution < 1.29 is 18.0 Å². The molecule has 2 N–H and O–H groups in total. The molecular weight excluding hydrogens is 545 g/mol. The Morgan fingerprint density at radius 2 is 1.88 bits per heavy atom. The fourth-order valence-electron chi connectivity index (χ4n) is 3.66. The van der Waals surface area contributed by atoms with Crippen LogP contribution in [0.25, 0.3) is 0 Å². The van der Waals surface area contributed by atoms with Gasteiger partial charge >= 0.3 is 0 Å². The smallest absolute Gasteiger partial charge is 0.254 e. The number of rotatable bonds is 4. The van der Waals surface area contributed by atoms with E-state index in [9.17, 15) is 18.0 Å². The molecule has 11 heteroatoms. The SMILES string of the molecule is CCNC(=NCc1ccc(C(=O)N2CCNC(=O)C2)cc1)N1CCS(=O)(=O)C(C)(C)C1.I. The van der Waals surface area contributed by atoms with Crippen LogP contribution in [-0.4, -0.2) is 85.8 Å². The summed E-state index contributed by atoms with van der Waals surface area (Å²) in [7, 11) is -3.12. The number of hydrogen-bond donors (Lipinski definition) is 2. The number of halogens is 1. The van der Waals surface area contributed by atoms with Crippen LogP contribution < -0.4 is 10.6 Å². The Balaban J connectivity index is 0.00000363. The third-order valence-corrected chi connectivity index (χ3v) is 8.15. The van der Waals surface area contributed by atoms with Crippen LogP contribution in [0.5, 0.6) is 0 Å². The summed E-state index contributed by atoms with van der Waals surface area (Å²) in [6, 6.07) is 7.22. The Labute approximate surface area is 207 Å². The molecule has 2 saturated heterocycles. The fourth-order valence-corrected chi connectivity index (χ4v) is 5.03. The van der Waals surface area contributed by atoms with Crippen molar-refractivity contribution in [3.05, 3.63) is 35.4 Å². The van der Waals surface area contributed by atoms with Crippen molar-refractivity contribution in [2.24, 2.45) is 4.99 Å². The van der Waals surface area contributed by atoms with Crippen molar-refractivity contribution in [3.63, 3.8) is 0 Å². The van der Waals surface area contributed by atoms with E-state index < -0.39 is 14.6 Å². The Kier molecular flexibility index (Phi) is 8.91. The molecule has 178 valence electrons. The zero-order chi connectivity index (χ0) is 22.6. The van der Waals surface area contributed by atoms with Crippen molar-refractivity contribution in [2.75, 3.05) is 45.0 Å². The van der Waals surface area contributed by atoms with Crippen molar-refractivity contribution in [1.29, 1.82) is 0 Å². The van der Waals surface area contributed by atoms with Gasteiger partial charge in [0.25, 0.3) is 5.91 Å². The number of amides is 2. The van der Waals surface area contributed by atoms with Gasteiger partial charge in [-0.15, -0.1) is 24.0 Å². The van der Waals surface area contributed by atoms with Crippen molar-refractivity contribution in [1.82, 2.24) is 20.4 Å². The van der Waals surface area contributed by atoms with E-state index >= 15 is 0 Å². The van der Waals surface area contributed by atoms with E-state index in [4.69, 9.17) is 0 Å². The molecule has 0 bridgehead atoms.